The van der Waals surface area contributed by atoms with Crippen LogP contribution in [0.2, 0.25) is 0 Å². The standard InChI is InChI=1S/C45H35NO/c1-3-45(4-2)41-19-10-8-15-36(41)37-26-25-33(29-42(37)45)46(31-13-6-5-7-14-31)32-23-21-30(22-24-32)34-17-12-18-39-35(34)27-28-40-38-16-9-11-20-43(38)47-44(39)40/h5-29H,3-4H2,1-2H3. The zero-order chi connectivity index (χ0) is 31.5. The molecule has 47 heavy (non-hydrogen) atoms. The lowest BCUT2D eigenvalue weighted by molar-refractivity contribution is 0.490. The Labute approximate surface area is 275 Å². The van der Waals surface area contributed by atoms with Crippen molar-refractivity contribution in [2.45, 2.75) is 32.1 Å². The molecule has 9 rings (SSSR count). The van der Waals surface area contributed by atoms with Crippen LogP contribution in [0, 0.1) is 0 Å². The number of benzene rings is 7. The van der Waals surface area contributed by atoms with Gasteiger partial charge in [0.05, 0.1) is 0 Å². The Bertz CT molecular complexity index is 2430. The van der Waals surface area contributed by atoms with Crippen molar-refractivity contribution in [3.63, 3.8) is 0 Å². The summed E-state index contributed by atoms with van der Waals surface area (Å²) in [6.45, 7) is 4.67. The molecule has 1 aromatic heterocycles. The molecule has 8 aromatic rings. The van der Waals surface area contributed by atoms with E-state index in [2.05, 4.69) is 158 Å². The second-order valence-corrected chi connectivity index (χ2v) is 12.7. The molecule has 0 fully saturated rings. The molecule has 2 heteroatoms. The molecule has 1 aliphatic rings. The number of nitrogens with zero attached hydrogens (tertiary/aromatic N) is 1. The first-order chi connectivity index (χ1) is 23.2. The summed E-state index contributed by atoms with van der Waals surface area (Å²) in [7, 11) is 0. The molecule has 0 radical (unpaired) electrons. The third-order valence-electron chi connectivity index (χ3n) is 10.6. The minimum absolute atomic E-state index is 0.0216. The monoisotopic (exact) mass is 605 g/mol. The average molecular weight is 606 g/mol. The second kappa shape index (κ2) is 10.7. The maximum Gasteiger partial charge on any atom is 0.143 e. The molecule has 0 aliphatic heterocycles. The van der Waals surface area contributed by atoms with E-state index >= 15 is 0 Å². The predicted octanol–water partition coefficient (Wildman–Crippen LogP) is 13.0. The Balaban J connectivity index is 1.16. The van der Waals surface area contributed by atoms with Gasteiger partial charge >= 0.3 is 0 Å². The van der Waals surface area contributed by atoms with Gasteiger partial charge in [-0.3, -0.25) is 0 Å². The molecule has 0 saturated heterocycles. The third-order valence-corrected chi connectivity index (χ3v) is 10.6. The largest absolute Gasteiger partial charge is 0.455 e. The quantitative estimate of drug-likeness (QED) is 0.187. The first-order valence-corrected chi connectivity index (χ1v) is 16.7. The highest BCUT2D eigenvalue weighted by Crippen LogP contribution is 2.54. The molecule has 1 aliphatic carbocycles. The van der Waals surface area contributed by atoms with Crippen molar-refractivity contribution < 1.29 is 4.42 Å². The topological polar surface area (TPSA) is 16.4 Å². The van der Waals surface area contributed by atoms with Gasteiger partial charge in [-0.2, -0.15) is 0 Å². The van der Waals surface area contributed by atoms with Gasteiger partial charge in [-0.1, -0.05) is 117 Å². The Morgan fingerprint density at radius 3 is 1.91 bits per heavy atom. The van der Waals surface area contributed by atoms with Crippen LogP contribution in [0.25, 0.3) is 55.0 Å². The third kappa shape index (κ3) is 4.11. The molecule has 0 unspecified atom stereocenters. The molecule has 0 spiro atoms. The van der Waals surface area contributed by atoms with E-state index in [4.69, 9.17) is 4.42 Å². The minimum Gasteiger partial charge on any atom is -0.455 e. The Hall–Kier alpha value is -5.60. The zero-order valence-electron chi connectivity index (χ0n) is 26.7. The van der Waals surface area contributed by atoms with E-state index in [9.17, 15) is 0 Å². The van der Waals surface area contributed by atoms with Crippen molar-refractivity contribution in [2.75, 3.05) is 4.90 Å². The molecule has 1 heterocycles. The van der Waals surface area contributed by atoms with Crippen molar-refractivity contribution in [3.05, 3.63) is 163 Å². The van der Waals surface area contributed by atoms with E-state index < -0.39 is 0 Å². The highest BCUT2D eigenvalue weighted by Gasteiger charge is 2.40. The molecular weight excluding hydrogens is 571 g/mol. The van der Waals surface area contributed by atoms with Crippen LogP contribution in [0.3, 0.4) is 0 Å². The first kappa shape index (κ1) is 27.7. The molecule has 0 bridgehead atoms. The van der Waals surface area contributed by atoms with Crippen LogP contribution in [0.4, 0.5) is 17.1 Å². The summed E-state index contributed by atoms with van der Waals surface area (Å²) in [6.07, 6.45) is 2.14. The van der Waals surface area contributed by atoms with Crippen LogP contribution in [-0.4, -0.2) is 0 Å². The smallest absolute Gasteiger partial charge is 0.143 e. The summed E-state index contributed by atoms with van der Waals surface area (Å²) in [5.41, 5.74) is 13.4. The number of anilines is 3. The number of para-hydroxylation sites is 2. The van der Waals surface area contributed by atoms with Gasteiger partial charge in [0.1, 0.15) is 11.2 Å². The Morgan fingerprint density at radius 2 is 1.09 bits per heavy atom. The van der Waals surface area contributed by atoms with Gasteiger partial charge in [-0.15, -0.1) is 0 Å². The lowest BCUT2D eigenvalue weighted by atomic mass is 9.74. The van der Waals surface area contributed by atoms with Gasteiger partial charge in [0.25, 0.3) is 0 Å². The van der Waals surface area contributed by atoms with Gasteiger partial charge in [-0.25, -0.2) is 0 Å². The summed E-state index contributed by atoms with van der Waals surface area (Å²) in [4.78, 5) is 2.39. The van der Waals surface area contributed by atoms with Crippen molar-refractivity contribution >= 4 is 49.8 Å². The van der Waals surface area contributed by atoms with E-state index in [1.165, 1.54) is 44.5 Å². The first-order valence-electron chi connectivity index (χ1n) is 16.7. The fraction of sp³-hybridized carbons (Fsp3) is 0.111. The van der Waals surface area contributed by atoms with Crippen molar-refractivity contribution in [3.8, 4) is 22.3 Å². The van der Waals surface area contributed by atoms with Crippen molar-refractivity contribution in [1.29, 1.82) is 0 Å². The predicted molar refractivity (Wildman–Crippen MR) is 198 cm³/mol. The molecule has 0 N–H and O–H groups in total. The van der Waals surface area contributed by atoms with Crippen LogP contribution in [0.15, 0.2) is 156 Å². The normalized spacial score (nSPS) is 13.2. The van der Waals surface area contributed by atoms with Crippen LogP contribution >= 0.6 is 0 Å². The highest BCUT2D eigenvalue weighted by molar-refractivity contribution is 6.17. The Morgan fingerprint density at radius 1 is 0.468 bits per heavy atom. The van der Waals surface area contributed by atoms with Crippen LogP contribution in [-0.2, 0) is 5.41 Å². The number of rotatable bonds is 6. The van der Waals surface area contributed by atoms with Gasteiger partial charge in [0.2, 0.25) is 0 Å². The van der Waals surface area contributed by atoms with Crippen LogP contribution < -0.4 is 4.90 Å². The number of hydrogen-bond acceptors (Lipinski definition) is 2. The minimum atomic E-state index is 0.0216. The lowest BCUT2D eigenvalue weighted by Crippen LogP contribution is -2.23. The van der Waals surface area contributed by atoms with Gasteiger partial charge in [-0.05, 0) is 100 Å². The van der Waals surface area contributed by atoms with E-state index in [0.717, 1.165) is 51.5 Å². The molecular formula is C45H35NO. The van der Waals surface area contributed by atoms with Crippen LogP contribution in [0.5, 0.6) is 0 Å². The van der Waals surface area contributed by atoms with Crippen LogP contribution in [0.1, 0.15) is 37.8 Å². The van der Waals surface area contributed by atoms with Gasteiger partial charge < -0.3 is 9.32 Å². The molecule has 226 valence electrons. The molecule has 0 saturated carbocycles. The highest BCUT2D eigenvalue weighted by atomic mass is 16.3. The molecule has 7 aromatic carbocycles. The molecule has 0 atom stereocenters. The lowest BCUT2D eigenvalue weighted by Gasteiger charge is -2.31. The summed E-state index contributed by atoms with van der Waals surface area (Å²) in [5.74, 6) is 0. The van der Waals surface area contributed by atoms with Gasteiger partial charge in [0, 0.05) is 38.6 Å². The summed E-state index contributed by atoms with van der Waals surface area (Å²) >= 11 is 0. The zero-order valence-corrected chi connectivity index (χ0v) is 26.7. The fourth-order valence-corrected chi connectivity index (χ4v) is 8.20. The average Bonchev–Trinajstić information content (AvgIpc) is 3.66. The van der Waals surface area contributed by atoms with E-state index in [1.807, 2.05) is 12.1 Å². The summed E-state index contributed by atoms with van der Waals surface area (Å²) in [5, 5.41) is 4.65. The Kier molecular flexibility index (Phi) is 6.33. The molecule has 0 amide bonds. The number of fused-ring (bicyclic) bond motifs is 8. The SMILES string of the molecule is CCC1(CC)c2ccccc2-c2ccc(N(c3ccccc3)c3ccc(-c4cccc5c4ccc4c6ccccc6oc54)cc3)cc21. The van der Waals surface area contributed by atoms with Gasteiger partial charge in [0.15, 0.2) is 0 Å². The van der Waals surface area contributed by atoms with Crippen molar-refractivity contribution in [1.82, 2.24) is 0 Å². The maximum absolute atomic E-state index is 6.38. The number of furan rings is 1. The maximum atomic E-state index is 6.38. The van der Waals surface area contributed by atoms with Crippen molar-refractivity contribution in [2.24, 2.45) is 0 Å². The van der Waals surface area contributed by atoms with E-state index in [1.54, 1.807) is 0 Å². The summed E-state index contributed by atoms with van der Waals surface area (Å²) in [6, 6.07) is 55.1. The number of hydrogen-bond donors (Lipinski definition) is 0. The second-order valence-electron chi connectivity index (χ2n) is 12.7. The van der Waals surface area contributed by atoms with E-state index in [0.29, 0.717) is 0 Å². The molecule has 2 nitrogen and oxygen atoms in total. The fourth-order valence-electron chi connectivity index (χ4n) is 8.20. The van der Waals surface area contributed by atoms with E-state index in [-0.39, 0.29) is 5.41 Å². The summed E-state index contributed by atoms with van der Waals surface area (Å²) < 4.78 is 6.38.